The first-order valence-corrected chi connectivity index (χ1v) is 11.0. The molecule has 150 valence electrons. The van der Waals surface area contributed by atoms with Crippen LogP contribution in [0.4, 0.5) is 11.5 Å². The van der Waals surface area contributed by atoms with E-state index >= 15 is 0 Å². The van der Waals surface area contributed by atoms with Crippen LogP contribution in [-0.2, 0) is 10.0 Å². The van der Waals surface area contributed by atoms with E-state index in [2.05, 4.69) is 19.9 Å². The lowest BCUT2D eigenvalue weighted by Gasteiger charge is -2.16. The Kier molecular flexibility index (Phi) is 6.22. The van der Waals surface area contributed by atoms with Gasteiger partial charge in [-0.05, 0) is 57.0 Å². The van der Waals surface area contributed by atoms with Crippen LogP contribution in [0, 0.1) is 0 Å². The molecule has 7 nitrogen and oxygen atoms in total. The third kappa shape index (κ3) is 4.81. The molecular formula is C19H23ClN4O3S. The fourth-order valence-electron chi connectivity index (χ4n) is 3.02. The van der Waals surface area contributed by atoms with Gasteiger partial charge in [-0.2, -0.15) is 0 Å². The number of rotatable bonds is 6. The average molecular weight is 423 g/mol. The van der Waals surface area contributed by atoms with Crippen molar-refractivity contribution >= 4 is 39.0 Å². The fourth-order valence-corrected chi connectivity index (χ4v) is 4.50. The van der Waals surface area contributed by atoms with E-state index in [1.165, 1.54) is 18.2 Å². The first-order chi connectivity index (χ1) is 13.3. The number of amides is 1. The van der Waals surface area contributed by atoms with E-state index < -0.39 is 15.9 Å². The van der Waals surface area contributed by atoms with Gasteiger partial charge in [0.05, 0.1) is 27.4 Å². The number of nitrogens with zero attached hydrogens (tertiary/aromatic N) is 2. The molecule has 1 fully saturated rings. The molecule has 28 heavy (non-hydrogen) atoms. The smallest absolute Gasteiger partial charge is 0.257 e. The van der Waals surface area contributed by atoms with Gasteiger partial charge < -0.3 is 10.2 Å². The van der Waals surface area contributed by atoms with Crippen LogP contribution in [0.3, 0.4) is 0 Å². The molecule has 1 aromatic carbocycles. The molecule has 1 aliphatic rings. The quantitative estimate of drug-likeness (QED) is 0.745. The Morgan fingerprint density at radius 1 is 1.18 bits per heavy atom. The second-order valence-electron chi connectivity index (χ2n) is 6.97. The van der Waals surface area contributed by atoms with Crippen molar-refractivity contribution in [3.63, 3.8) is 0 Å². The number of carbonyl (C=O) groups excluding carboxylic acids is 1. The zero-order chi connectivity index (χ0) is 20.3. The van der Waals surface area contributed by atoms with Gasteiger partial charge >= 0.3 is 0 Å². The Hall–Kier alpha value is -2.16. The molecule has 2 N–H and O–H groups in total. The highest BCUT2D eigenvalue weighted by Crippen LogP contribution is 2.23. The van der Waals surface area contributed by atoms with Crippen molar-refractivity contribution in [1.29, 1.82) is 0 Å². The van der Waals surface area contributed by atoms with Gasteiger partial charge in [0.2, 0.25) is 10.0 Å². The van der Waals surface area contributed by atoms with E-state index in [0.29, 0.717) is 5.69 Å². The highest BCUT2D eigenvalue weighted by molar-refractivity contribution is 7.89. The van der Waals surface area contributed by atoms with E-state index in [9.17, 15) is 13.2 Å². The Balaban J connectivity index is 1.77. The molecule has 2 aromatic rings. The number of aromatic nitrogens is 1. The van der Waals surface area contributed by atoms with Crippen molar-refractivity contribution in [3.8, 4) is 0 Å². The van der Waals surface area contributed by atoms with Gasteiger partial charge in [-0.25, -0.2) is 18.1 Å². The Morgan fingerprint density at radius 2 is 1.89 bits per heavy atom. The maximum Gasteiger partial charge on any atom is 0.257 e. The zero-order valence-electron chi connectivity index (χ0n) is 15.8. The summed E-state index contributed by atoms with van der Waals surface area (Å²) in [6.07, 6.45) is 3.90. The molecule has 0 unspecified atom stereocenters. The van der Waals surface area contributed by atoms with E-state index in [4.69, 9.17) is 11.6 Å². The SMILES string of the molecule is CC(C)NS(=O)(=O)c1ccc(Cl)c(C(=O)Nc2ccc(N3CCCC3)nc2)c1. The highest BCUT2D eigenvalue weighted by atomic mass is 35.5. The summed E-state index contributed by atoms with van der Waals surface area (Å²) in [6, 6.07) is 7.41. The summed E-state index contributed by atoms with van der Waals surface area (Å²) in [5, 5.41) is 2.89. The predicted molar refractivity (Wildman–Crippen MR) is 111 cm³/mol. The number of halogens is 1. The number of hydrogen-bond donors (Lipinski definition) is 2. The number of pyridine rings is 1. The van der Waals surface area contributed by atoms with Crippen LogP contribution in [0.5, 0.6) is 0 Å². The fraction of sp³-hybridized carbons (Fsp3) is 0.368. The van der Waals surface area contributed by atoms with E-state index in [1.807, 2.05) is 6.07 Å². The minimum absolute atomic E-state index is 0.0155. The Bertz CT molecular complexity index is 956. The van der Waals surface area contributed by atoms with Crippen molar-refractivity contribution in [1.82, 2.24) is 9.71 Å². The van der Waals surface area contributed by atoms with Crippen LogP contribution in [0.1, 0.15) is 37.0 Å². The summed E-state index contributed by atoms with van der Waals surface area (Å²) in [7, 11) is -3.73. The van der Waals surface area contributed by atoms with Gasteiger partial charge in [-0.3, -0.25) is 4.79 Å². The van der Waals surface area contributed by atoms with Crippen molar-refractivity contribution in [2.75, 3.05) is 23.3 Å². The summed E-state index contributed by atoms with van der Waals surface area (Å²) in [5.74, 6) is 0.378. The molecule has 1 saturated heterocycles. The van der Waals surface area contributed by atoms with Gasteiger partial charge in [-0.1, -0.05) is 11.6 Å². The van der Waals surface area contributed by atoms with Crippen molar-refractivity contribution in [2.45, 2.75) is 37.6 Å². The van der Waals surface area contributed by atoms with Crippen molar-refractivity contribution in [3.05, 3.63) is 47.1 Å². The van der Waals surface area contributed by atoms with Gasteiger partial charge in [-0.15, -0.1) is 0 Å². The van der Waals surface area contributed by atoms with Crippen LogP contribution < -0.4 is 14.9 Å². The molecule has 2 heterocycles. The molecule has 1 amide bonds. The van der Waals surface area contributed by atoms with Crippen LogP contribution in [0.15, 0.2) is 41.4 Å². The third-order valence-electron chi connectivity index (χ3n) is 4.32. The van der Waals surface area contributed by atoms with Gasteiger partial charge in [0, 0.05) is 19.1 Å². The summed E-state index contributed by atoms with van der Waals surface area (Å²) in [5.41, 5.74) is 0.592. The van der Waals surface area contributed by atoms with Gasteiger partial charge in [0.1, 0.15) is 5.82 Å². The highest BCUT2D eigenvalue weighted by Gasteiger charge is 2.20. The third-order valence-corrected chi connectivity index (χ3v) is 6.31. The average Bonchev–Trinajstić information content (AvgIpc) is 3.16. The maximum atomic E-state index is 12.6. The molecule has 9 heteroatoms. The van der Waals surface area contributed by atoms with Gasteiger partial charge in [0.25, 0.3) is 5.91 Å². The second kappa shape index (κ2) is 8.46. The molecule has 1 aliphatic heterocycles. The van der Waals surface area contributed by atoms with Crippen LogP contribution in [-0.4, -0.2) is 38.4 Å². The summed E-state index contributed by atoms with van der Waals surface area (Å²) < 4.78 is 27.2. The molecule has 0 atom stereocenters. The minimum atomic E-state index is -3.73. The summed E-state index contributed by atoms with van der Waals surface area (Å²) >= 11 is 6.13. The number of carbonyl (C=O) groups is 1. The largest absolute Gasteiger partial charge is 0.357 e. The van der Waals surface area contributed by atoms with Crippen molar-refractivity contribution < 1.29 is 13.2 Å². The molecular weight excluding hydrogens is 400 g/mol. The number of benzene rings is 1. The molecule has 0 bridgehead atoms. The molecule has 0 spiro atoms. The normalized spacial score (nSPS) is 14.5. The minimum Gasteiger partial charge on any atom is -0.357 e. The summed E-state index contributed by atoms with van der Waals surface area (Å²) in [6.45, 7) is 5.42. The van der Waals surface area contributed by atoms with E-state index in [-0.39, 0.29) is 21.5 Å². The molecule has 3 rings (SSSR count). The first kappa shape index (κ1) is 20.6. The number of sulfonamides is 1. The maximum absolute atomic E-state index is 12.6. The van der Waals surface area contributed by atoms with E-state index in [0.717, 1.165) is 31.7 Å². The number of hydrogen-bond acceptors (Lipinski definition) is 5. The number of anilines is 2. The van der Waals surface area contributed by atoms with Gasteiger partial charge in [0.15, 0.2) is 0 Å². The monoisotopic (exact) mass is 422 g/mol. The van der Waals surface area contributed by atoms with E-state index in [1.54, 1.807) is 26.1 Å². The zero-order valence-corrected chi connectivity index (χ0v) is 17.3. The van der Waals surface area contributed by atoms with Crippen LogP contribution >= 0.6 is 11.6 Å². The standard InChI is InChI=1S/C19H23ClN4O3S/c1-13(2)23-28(26,27)15-6-7-17(20)16(11-15)19(25)22-14-5-8-18(21-12-14)24-9-3-4-10-24/h5-8,11-13,23H,3-4,9-10H2,1-2H3,(H,22,25). The number of nitrogens with one attached hydrogen (secondary N) is 2. The topological polar surface area (TPSA) is 91.4 Å². The second-order valence-corrected chi connectivity index (χ2v) is 9.09. The molecule has 0 aliphatic carbocycles. The Labute approximate surface area is 170 Å². The van der Waals surface area contributed by atoms with Crippen LogP contribution in [0.2, 0.25) is 5.02 Å². The molecule has 0 saturated carbocycles. The predicted octanol–water partition coefficient (Wildman–Crippen LogP) is 3.27. The Morgan fingerprint density at radius 3 is 2.50 bits per heavy atom. The van der Waals surface area contributed by atoms with Crippen molar-refractivity contribution in [2.24, 2.45) is 0 Å². The lowest BCUT2D eigenvalue weighted by molar-refractivity contribution is 0.102. The lowest BCUT2D eigenvalue weighted by atomic mass is 10.2. The lowest BCUT2D eigenvalue weighted by Crippen LogP contribution is -2.30. The molecule has 1 aromatic heterocycles. The summed E-state index contributed by atoms with van der Waals surface area (Å²) in [4.78, 5) is 19.2. The van der Waals surface area contributed by atoms with Crippen LogP contribution in [0.25, 0.3) is 0 Å². The first-order valence-electron chi connectivity index (χ1n) is 9.10. The molecule has 0 radical (unpaired) electrons.